The van der Waals surface area contributed by atoms with E-state index in [1.807, 2.05) is 31.2 Å². The lowest BCUT2D eigenvalue weighted by Crippen LogP contribution is -2.39. The molecule has 0 bridgehead atoms. The van der Waals surface area contributed by atoms with Crippen LogP contribution in [-0.4, -0.2) is 34.2 Å². The van der Waals surface area contributed by atoms with Crippen molar-refractivity contribution in [2.24, 2.45) is 5.10 Å². The van der Waals surface area contributed by atoms with Crippen LogP contribution in [0.2, 0.25) is 0 Å². The molecule has 3 rings (SSSR count). The summed E-state index contributed by atoms with van der Waals surface area (Å²) in [5.41, 5.74) is 4.42. The van der Waals surface area contributed by atoms with Crippen LogP contribution < -0.4 is 14.5 Å². The number of nitrogens with one attached hydrogen (secondary N) is 1. The fraction of sp³-hybridized carbons (Fsp3) is 0.130. The number of hydrazone groups is 1. The molecule has 0 aromatic heterocycles. The smallest absolute Gasteiger partial charge is 0.264 e. The summed E-state index contributed by atoms with van der Waals surface area (Å²) in [5, 5.41) is 3.95. The minimum atomic E-state index is -4.00. The van der Waals surface area contributed by atoms with Crippen LogP contribution in [0.5, 0.6) is 5.75 Å². The zero-order valence-corrected chi connectivity index (χ0v) is 19.9. The van der Waals surface area contributed by atoms with Gasteiger partial charge in [-0.3, -0.25) is 9.10 Å². The molecule has 0 aliphatic heterocycles. The lowest BCUT2D eigenvalue weighted by molar-refractivity contribution is -0.119. The third-order valence-corrected chi connectivity index (χ3v) is 7.06. The number of hydrogen-bond acceptors (Lipinski definition) is 5. The summed E-state index contributed by atoms with van der Waals surface area (Å²) in [7, 11) is -2.48. The first-order chi connectivity index (χ1) is 15.3. The van der Waals surface area contributed by atoms with Gasteiger partial charge in [-0.25, -0.2) is 13.8 Å². The maximum atomic E-state index is 13.3. The average molecular weight is 516 g/mol. The first kappa shape index (κ1) is 23.5. The summed E-state index contributed by atoms with van der Waals surface area (Å²) in [6, 6.07) is 20.3. The summed E-state index contributed by atoms with van der Waals surface area (Å²) < 4.78 is 33.7. The first-order valence-electron chi connectivity index (χ1n) is 9.61. The van der Waals surface area contributed by atoms with Gasteiger partial charge < -0.3 is 4.74 Å². The second-order valence-corrected chi connectivity index (χ2v) is 9.55. The molecule has 9 heteroatoms. The Balaban J connectivity index is 1.85. The molecule has 0 radical (unpaired) electrons. The summed E-state index contributed by atoms with van der Waals surface area (Å²) in [6.45, 7) is 1.42. The monoisotopic (exact) mass is 515 g/mol. The van der Waals surface area contributed by atoms with Crippen LogP contribution in [0.3, 0.4) is 0 Å². The Kier molecular flexibility index (Phi) is 7.66. The number of sulfonamides is 1. The number of carbonyl (C=O) groups excluding carboxylic acids is 1. The van der Waals surface area contributed by atoms with E-state index in [1.54, 1.807) is 36.4 Å². The molecule has 166 valence electrons. The summed E-state index contributed by atoms with van der Waals surface area (Å²) in [4.78, 5) is 12.7. The molecule has 0 fully saturated rings. The van der Waals surface area contributed by atoms with Crippen molar-refractivity contribution in [3.63, 3.8) is 0 Å². The summed E-state index contributed by atoms with van der Waals surface area (Å²) in [5.74, 6) is -0.0104. The van der Waals surface area contributed by atoms with Gasteiger partial charge in [0, 0.05) is 10.0 Å². The quantitative estimate of drug-likeness (QED) is 0.361. The molecule has 0 saturated heterocycles. The highest BCUT2D eigenvalue weighted by atomic mass is 79.9. The number of ether oxygens (including phenoxy) is 1. The molecule has 7 nitrogen and oxygen atoms in total. The largest absolute Gasteiger partial charge is 0.497 e. The van der Waals surface area contributed by atoms with Crippen molar-refractivity contribution in [3.05, 3.63) is 88.4 Å². The molecule has 0 saturated carbocycles. The van der Waals surface area contributed by atoms with E-state index in [0.717, 1.165) is 19.9 Å². The van der Waals surface area contributed by atoms with E-state index in [-0.39, 0.29) is 4.90 Å². The van der Waals surface area contributed by atoms with Crippen molar-refractivity contribution < 1.29 is 17.9 Å². The Labute approximate surface area is 195 Å². The molecule has 3 aromatic carbocycles. The Bertz CT molecular complexity index is 1210. The van der Waals surface area contributed by atoms with Gasteiger partial charge >= 0.3 is 0 Å². The molecule has 0 heterocycles. The Morgan fingerprint density at radius 3 is 2.34 bits per heavy atom. The number of methoxy groups -OCH3 is 1. The summed E-state index contributed by atoms with van der Waals surface area (Å²) in [6.07, 6.45) is 1.48. The van der Waals surface area contributed by atoms with E-state index in [9.17, 15) is 13.2 Å². The predicted molar refractivity (Wildman–Crippen MR) is 129 cm³/mol. The lowest BCUT2D eigenvalue weighted by atomic mass is 10.2. The Hall–Kier alpha value is -3.17. The maximum Gasteiger partial charge on any atom is 0.264 e. The predicted octanol–water partition coefficient (Wildman–Crippen LogP) is 4.11. The van der Waals surface area contributed by atoms with Crippen molar-refractivity contribution in [2.45, 2.75) is 11.8 Å². The van der Waals surface area contributed by atoms with Crippen LogP contribution >= 0.6 is 15.9 Å². The van der Waals surface area contributed by atoms with Gasteiger partial charge in [0.2, 0.25) is 0 Å². The van der Waals surface area contributed by atoms with Crippen molar-refractivity contribution >= 4 is 43.8 Å². The second-order valence-electron chi connectivity index (χ2n) is 6.84. The van der Waals surface area contributed by atoms with Crippen LogP contribution in [0.25, 0.3) is 0 Å². The number of rotatable bonds is 8. The van der Waals surface area contributed by atoms with E-state index in [2.05, 4.69) is 26.5 Å². The van der Waals surface area contributed by atoms with Gasteiger partial charge in [0.1, 0.15) is 12.3 Å². The summed E-state index contributed by atoms with van der Waals surface area (Å²) >= 11 is 3.40. The molecule has 0 spiro atoms. The number of aryl methyl sites for hydroxylation is 1. The van der Waals surface area contributed by atoms with E-state index >= 15 is 0 Å². The molecule has 3 aromatic rings. The number of carbonyl (C=O) groups is 1. The maximum absolute atomic E-state index is 13.3. The van der Waals surface area contributed by atoms with Gasteiger partial charge in [0.05, 0.1) is 23.9 Å². The average Bonchev–Trinajstić information content (AvgIpc) is 2.79. The molecule has 0 unspecified atom stereocenters. The van der Waals surface area contributed by atoms with E-state index in [0.29, 0.717) is 11.4 Å². The van der Waals surface area contributed by atoms with Crippen LogP contribution in [0, 0.1) is 6.92 Å². The standard InChI is InChI=1S/C23H22BrN3O4S/c1-17-7-13-21(14-8-17)32(29,30)27(19-9-11-20(31-2)12-10-19)16-23(28)26-25-15-18-5-3-4-6-22(18)24/h3-15H,16H2,1-2H3,(H,26,28)/b25-15-. The van der Waals surface area contributed by atoms with Gasteiger partial charge in [0.15, 0.2) is 0 Å². The first-order valence-corrected chi connectivity index (χ1v) is 11.8. The number of benzene rings is 3. The van der Waals surface area contributed by atoms with Gasteiger partial charge in [0.25, 0.3) is 15.9 Å². The molecule has 1 amide bonds. The van der Waals surface area contributed by atoms with Crippen molar-refractivity contribution in [2.75, 3.05) is 18.0 Å². The van der Waals surface area contributed by atoms with Crippen LogP contribution in [0.15, 0.2) is 87.3 Å². The molecular weight excluding hydrogens is 494 g/mol. The molecule has 32 heavy (non-hydrogen) atoms. The fourth-order valence-corrected chi connectivity index (χ4v) is 4.63. The SMILES string of the molecule is COc1ccc(N(CC(=O)N/N=C\c2ccccc2Br)S(=O)(=O)c2ccc(C)cc2)cc1. The highest BCUT2D eigenvalue weighted by Gasteiger charge is 2.27. The van der Waals surface area contributed by atoms with Gasteiger partial charge in [-0.1, -0.05) is 51.8 Å². The van der Waals surface area contributed by atoms with E-state index in [4.69, 9.17) is 4.74 Å². The van der Waals surface area contributed by atoms with Crippen molar-refractivity contribution in [3.8, 4) is 5.75 Å². The lowest BCUT2D eigenvalue weighted by Gasteiger charge is -2.24. The zero-order chi connectivity index (χ0) is 23.1. The van der Waals surface area contributed by atoms with E-state index < -0.39 is 22.5 Å². The third-order valence-electron chi connectivity index (χ3n) is 4.55. The number of nitrogens with zero attached hydrogens (tertiary/aromatic N) is 2. The van der Waals surface area contributed by atoms with Gasteiger partial charge in [-0.15, -0.1) is 0 Å². The number of anilines is 1. The highest BCUT2D eigenvalue weighted by molar-refractivity contribution is 9.10. The van der Waals surface area contributed by atoms with Crippen molar-refractivity contribution in [1.29, 1.82) is 0 Å². The number of halogens is 1. The van der Waals surface area contributed by atoms with Crippen LogP contribution in [0.1, 0.15) is 11.1 Å². The van der Waals surface area contributed by atoms with Crippen LogP contribution in [0.4, 0.5) is 5.69 Å². The normalized spacial score (nSPS) is 11.3. The molecular formula is C23H22BrN3O4S. The van der Waals surface area contributed by atoms with Gasteiger partial charge in [-0.2, -0.15) is 5.10 Å². The minimum absolute atomic E-state index is 0.0865. The second kappa shape index (κ2) is 10.4. The molecule has 0 aliphatic rings. The Morgan fingerprint density at radius 2 is 1.72 bits per heavy atom. The van der Waals surface area contributed by atoms with Crippen molar-refractivity contribution in [1.82, 2.24) is 5.43 Å². The fourth-order valence-electron chi connectivity index (χ4n) is 2.82. The third kappa shape index (κ3) is 5.74. The molecule has 0 atom stereocenters. The number of hydrogen-bond donors (Lipinski definition) is 1. The minimum Gasteiger partial charge on any atom is -0.497 e. The Morgan fingerprint density at radius 1 is 1.06 bits per heavy atom. The van der Waals surface area contributed by atoms with E-state index in [1.165, 1.54) is 25.5 Å². The number of amides is 1. The van der Waals surface area contributed by atoms with Gasteiger partial charge in [-0.05, 0) is 49.4 Å². The highest BCUT2D eigenvalue weighted by Crippen LogP contribution is 2.26. The molecule has 0 aliphatic carbocycles. The molecule has 1 N–H and O–H groups in total. The zero-order valence-electron chi connectivity index (χ0n) is 17.5. The topological polar surface area (TPSA) is 88.1 Å². The van der Waals surface area contributed by atoms with Crippen LogP contribution in [-0.2, 0) is 14.8 Å².